The molecule has 0 unspecified atom stereocenters. The molecule has 20 aromatic rings. The molecule has 614 valence electrons. The van der Waals surface area contributed by atoms with E-state index >= 15 is 0 Å². The van der Waals surface area contributed by atoms with Crippen LogP contribution in [0.1, 0.15) is 139 Å². The molecule has 7 heteroatoms. The summed E-state index contributed by atoms with van der Waals surface area (Å²) >= 11 is 1.89. The fraction of sp³-hybridized carbons (Fsp3) is 0.190. The average molecular weight is 1630 g/mol. The van der Waals surface area contributed by atoms with Crippen molar-refractivity contribution in [2.45, 2.75) is 149 Å². The number of benzene rings is 17. The third-order valence-electron chi connectivity index (χ3n) is 24.7. The van der Waals surface area contributed by atoms with Gasteiger partial charge in [-0.3, -0.25) is 0 Å². The number of nitrogens with zero attached hydrogens (tertiary/aromatic N) is 2. The van der Waals surface area contributed by atoms with Gasteiger partial charge in [0.2, 0.25) is 0 Å². The maximum absolute atomic E-state index is 12.6. The standard InChI is InChI=1S/C21H20.C17H18.2C16H14.C14H12O.C14H12S.C10H10N2.C8H7F3/c1-13-9-10-17-18(11-13)21(3,4)19-12-14(2)15-7-5-6-8-16(15)20(17)19;1-11-5-7-13-14-8-6-12(2)10-16(14)17(3,4)15(13)9-11;1-11-3-7-15-13(9-11)5-6-14-10-12(2)4-8-16(14)15;1-11-13-7-3-5-9-15(13)12(2)16-10-6-4-8-14(11)16;2*1-9-3-5-11-12-6-4-10(2)8-14(12)15-13(11)7-9;1-7-9-5-3-4-6-10(9)12-8(2)11-7;1-4-3-6(9)5(2)8(11)7(4)10/h5-12H,1-4H3;5-10H,1-4H3;2*3-10H,1-2H3;2*3-8H,1-2H3;3-6H,1-2H3;3H,1-2H3. The zero-order valence-electron chi connectivity index (χ0n) is 74.5. The summed E-state index contributed by atoms with van der Waals surface area (Å²) in [4.78, 5) is 8.62. The molecule has 2 aliphatic rings. The molecule has 0 aliphatic heterocycles. The Morgan fingerprint density at radius 1 is 0.268 bits per heavy atom. The van der Waals surface area contributed by atoms with E-state index in [-0.39, 0.29) is 22.0 Å². The number of halogens is 3. The number of para-hydroxylation sites is 1. The van der Waals surface area contributed by atoms with Crippen molar-refractivity contribution < 1.29 is 17.6 Å². The van der Waals surface area contributed by atoms with Gasteiger partial charge in [0.1, 0.15) is 22.8 Å². The number of fused-ring (bicyclic) bond motifs is 20. The molecule has 0 N–H and O–H groups in total. The Kier molecular flexibility index (Phi) is 24.2. The third kappa shape index (κ3) is 17.3. The number of rotatable bonds is 0. The Morgan fingerprint density at radius 3 is 1.09 bits per heavy atom. The number of hydrogen-bond donors (Lipinski definition) is 0. The predicted octanol–water partition coefficient (Wildman–Crippen LogP) is 33.4. The van der Waals surface area contributed by atoms with E-state index in [1.54, 1.807) is 0 Å². The molecule has 0 bridgehead atoms. The average Bonchev–Trinajstić information content (AvgIpc) is 1.57. The first-order chi connectivity index (χ1) is 58.8. The maximum atomic E-state index is 12.6. The lowest BCUT2D eigenvalue weighted by atomic mass is 9.81. The van der Waals surface area contributed by atoms with Crippen molar-refractivity contribution in [1.29, 1.82) is 0 Å². The molecule has 0 saturated heterocycles. The van der Waals surface area contributed by atoms with Crippen molar-refractivity contribution in [2.75, 3.05) is 0 Å². The second-order valence-electron chi connectivity index (χ2n) is 34.9. The number of aryl methyl sites for hydroxylation is 15. The van der Waals surface area contributed by atoms with Gasteiger partial charge in [-0.15, -0.1) is 11.3 Å². The molecule has 3 aromatic heterocycles. The van der Waals surface area contributed by atoms with Gasteiger partial charge >= 0.3 is 0 Å². The summed E-state index contributed by atoms with van der Waals surface area (Å²) < 4.78 is 46.5. The Hall–Kier alpha value is -12.8. The fourth-order valence-corrected chi connectivity index (χ4v) is 19.2. The van der Waals surface area contributed by atoms with Crippen molar-refractivity contribution in [2.24, 2.45) is 0 Å². The molecule has 0 atom stereocenters. The summed E-state index contributed by atoms with van der Waals surface area (Å²) in [6.45, 7) is 41.7. The SMILES string of the molecule is Cc1c2ccccc2c(C)c2ccccc12.Cc1cc(F)c(C)c(F)c1F.Cc1ccc2c(c1)C(C)(C)c1cc(C)c3ccccc3c1-2.Cc1ccc2c(c1)C(C)(C)c1cc(C)ccc1-2.Cc1ccc2c(c1)oc1cc(C)ccc12.Cc1ccc2c(c1)sc1cc(C)ccc12.Cc1ccc2c(ccc3cc(C)ccc32)c1.Cc1nc(C)c2ccccc2n1. The molecule has 2 aliphatic carbocycles. The highest BCUT2D eigenvalue weighted by molar-refractivity contribution is 7.25. The van der Waals surface area contributed by atoms with Gasteiger partial charge in [0.25, 0.3) is 0 Å². The van der Waals surface area contributed by atoms with Gasteiger partial charge in [0, 0.05) is 58.4 Å². The lowest BCUT2D eigenvalue weighted by molar-refractivity contribution is 0.480. The third-order valence-corrected chi connectivity index (χ3v) is 25.8. The van der Waals surface area contributed by atoms with Gasteiger partial charge in [0.05, 0.1) is 5.52 Å². The second kappa shape index (κ2) is 35.0. The van der Waals surface area contributed by atoms with Gasteiger partial charge in [0.15, 0.2) is 11.6 Å². The molecule has 123 heavy (non-hydrogen) atoms. The second-order valence-corrected chi connectivity index (χ2v) is 36.0. The van der Waals surface area contributed by atoms with Crippen LogP contribution in [0.25, 0.3) is 129 Å². The minimum atomic E-state index is -1.09. The van der Waals surface area contributed by atoms with Crippen LogP contribution in [-0.2, 0) is 10.8 Å². The Bertz CT molecular complexity index is 7010. The van der Waals surface area contributed by atoms with Crippen LogP contribution >= 0.6 is 11.3 Å². The molecule has 0 radical (unpaired) electrons. The lowest BCUT2D eigenvalue weighted by Crippen LogP contribution is -2.15. The van der Waals surface area contributed by atoms with Gasteiger partial charge < -0.3 is 4.42 Å². The van der Waals surface area contributed by atoms with Crippen molar-refractivity contribution in [3.63, 3.8) is 0 Å². The summed E-state index contributed by atoms with van der Waals surface area (Å²) in [5.41, 5.74) is 31.5. The van der Waals surface area contributed by atoms with Crippen LogP contribution in [-0.4, -0.2) is 9.97 Å². The number of hydrogen-bond acceptors (Lipinski definition) is 4. The smallest absolute Gasteiger partial charge is 0.164 e. The van der Waals surface area contributed by atoms with Gasteiger partial charge in [-0.25, -0.2) is 23.1 Å². The summed E-state index contributed by atoms with van der Waals surface area (Å²) in [5, 5.41) is 20.0. The topological polar surface area (TPSA) is 38.9 Å². The van der Waals surface area contributed by atoms with Crippen LogP contribution < -0.4 is 0 Å². The molecule has 17 aromatic carbocycles. The Morgan fingerprint density at radius 2 is 0.626 bits per heavy atom. The maximum Gasteiger partial charge on any atom is 0.164 e. The van der Waals surface area contributed by atoms with Crippen LogP contribution in [0.3, 0.4) is 0 Å². The quantitative estimate of drug-likeness (QED) is 0.0863. The van der Waals surface area contributed by atoms with Gasteiger partial charge in [-0.1, -0.05) is 304 Å². The lowest BCUT2D eigenvalue weighted by Gasteiger charge is -2.22. The minimum Gasteiger partial charge on any atom is -0.456 e. The first-order valence-electron chi connectivity index (χ1n) is 42.5. The molecule has 0 fully saturated rings. The monoisotopic (exact) mass is 1630 g/mol. The molecule has 0 saturated carbocycles. The highest BCUT2D eigenvalue weighted by Crippen LogP contribution is 2.53. The summed E-state index contributed by atoms with van der Waals surface area (Å²) in [6.07, 6.45) is 0. The predicted molar refractivity (Wildman–Crippen MR) is 523 cm³/mol. The first-order valence-corrected chi connectivity index (χ1v) is 43.4. The zero-order chi connectivity index (χ0) is 87.2. The van der Waals surface area contributed by atoms with Gasteiger partial charge in [-0.2, -0.15) is 0 Å². The van der Waals surface area contributed by atoms with Crippen molar-refractivity contribution >= 4 is 118 Å². The van der Waals surface area contributed by atoms with E-state index in [0.29, 0.717) is 0 Å². The minimum absolute atomic E-state index is 0.00870. The molecule has 3 heterocycles. The van der Waals surface area contributed by atoms with Crippen molar-refractivity contribution in [3.05, 3.63) is 414 Å². The summed E-state index contributed by atoms with van der Waals surface area (Å²) in [7, 11) is 0. The van der Waals surface area contributed by atoms with E-state index in [2.05, 4.69) is 376 Å². The van der Waals surface area contributed by atoms with E-state index in [1.165, 1.54) is 210 Å². The summed E-state index contributed by atoms with van der Waals surface area (Å²) in [5.74, 6) is -1.93. The highest BCUT2D eigenvalue weighted by Gasteiger charge is 2.38. The summed E-state index contributed by atoms with van der Waals surface area (Å²) in [6, 6.07) is 102. The van der Waals surface area contributed by atoms with E-state index < -0.39 is 17.5 Å². The highest BCUT2D eigenvalue weighted by atomic mass is 32.1. The van der Waals surface area contributed by atoms with E-state index in [9.17, 15) is 13.2 Å². The van der Waals surface area contributed by atoms with Crippen LogP contribution in [0.15, 0.2) is 290 Å². The van der Waals surface area contributed by atoms with Crippen molar-refractivity contribution in [3.8, 4) is 22.3 Å². The van der Waals surface area contributed by atoms with Crippen LogP contribution in [0.5, 0.6) is 0 Å². The molecule has 0 amide bonds. The van der Waals surface area contributed by atoms with Crippen LogP contribution in [0.4, 0.5) is 13.2 Å². The first kappa shape index (κ1) is 85.2. The number of thiophene rings is 1. The molecular formula is C116H107F3N2OS. The van der Waals surface area contributed by atoms with Crippen molar-refractivity contribution in [1.82, 2.24) is 9.97 Å². The molecule has 3 nitrogen and oxygen atoms in total. The van der Waals surface area contributed by atoms with E-state index in [4.69, 9.17) is 4.42 Å². The van der Waals surface area contributed by atoms with E-state index in [1.807, 2.05) is 49.4 Å². The van der Waals surface area contributed by atoms with Crippen LogP contribution in [0, 0.1) is 128 Å². The number of furan rings is 1. The normalized spacial score (nSPS) is 12.3. The largest absolute Gasteiger partial charge is 0.456 e. The van der Waals surface area contributed by atoms with E-state index in [0.717, 1.165) is 39.7 Å². The Labute approximate surface area is 726 Å². The Balaban J connectivity index is 0.000000110. The molecular weight excluding hydrogens is 1530 g/mol. The zero-order valence-corrected chi connectivity index (χ0v) is 75.3. The van der Waals surface area contributed by atoms with Gasteiger partial charge in [-0.05, 0) is 290 Å². The molecule has 22 rings (SSSR count). The van der Waals surface area contributed by atoms with Crippen LogP contribution in [0.2, 0.25) is 0 Å². The number of aromatic nitrogens is 2. The fourth-order valence-electron chi connectivity index (χ4n) is 17.9. The molecule has 0 spiro atoms.